The summed E-state index contributed by atoms with van der Waals surface area (Å²) in [5.74, 6) is 1.27. The lowest BCUT2D eigenvalue weighted by atomic mass is 10.1. The molecule has 1 aromatic heterocycles. The van der Waals surface area contributed by atoms with Gasteiger partial charge in [-0.3, -0.25) is 0 Å². The maximum absolute atomic E-state index is 6.04. The van der Waals surface area contributed by atoms with Gasteiger partial charge in [0.1, 0.15) is 12.1 Å². The molecule has 2 N–H and O–H groups in total. The highest BCUT2D eigenvalue weighted by atomic mass is 35.5. The molecule has 21 heavy (non-hydrogen) atoms. The smallest absolute Gasteiger partial charge is 0.230 e. The Labute approximate surface area is 127 Å². The molecule has 0 bridgehead atoms. The number of nitrogens with two attached hydrogens (primary N) is 1. The van der Waals surface area contributed by atoms with Gasteiger partial charge in [-0.25, -0.2) is 9.97 Å². The van der Waals surface area contributed by atoms with Crippen molar-refractivity contribution in [3.8, 4) is 11.6 Å². The van der Waals surface area contributed by atoms with Crippen LogP contribution in [0.15, 0.2) is 36.7 Å². The highest BCUT2D eigenvalue weighted by Gasteiger charge is 2.11. The summed E-state index contributed by atoms with van der Waals surface area (Å²) < 4.78 is 6.00. The zero-order chi connectivity index (χ0) is 15.0. The third-order valence-corrected chi connectivity index (χ3v) is 3.47. The molecule has 0 aliphatic rings. The predicted octanol–water partition coefficient (Wildman–Crippen LogP) is 4.27. The summed E-state index contributed by atoms with van der Waals surface area (Å²) in [4.78, 5) is 8.44. The maximum atomic E-state index is 6.04. The van der Waals surface area contributed by atoms with E-state index in [4.69, 9.17) is 22.1 Å². The molecule has 0 amide bonds. The van der Waals surface area contributed by atoms with Crippen molar-refractivity contribution in [3.63, 3.8) is 0 Å². The molecule has 0 aliphatic heterocycles. The minimum Gasteiger partial charge on any atom is -0.438 e. The van der Waals surface area contributed by atoms with Crippen molar-refractivity contribution in [2.24, 2.45) is 0 Å². The van der Waals surface area contributed by atoms with E-state index in [0.29, 0.717) is 16.6 Å². The first-order valence-electron chi connectivity index (χ1n) is 6.49. The summed E-state index contributed by atoms with van der Waals surface area (Å²) in [5, 5.41) is 1.51. The molecule has 0 aliphatic carbocycles. The quantitative estimate of drug-likeness (QED) is 0.718. The third kappa shape index (κ3) is 2.62. The first-order valence-corrected chi connectivity index (χ1v) is 6.87. The van der Waals surface area contributed by atoms with Crippen molar-refractivity contribution in [1.29, 1.82) is 0 Å². The Morgan fingerprint density at radius 3 is 2.48 bits per heavy atom. The van der Waals surface area contributed by atoms with Crippen LogP contribution in [0.3, 0.4) is 0 Å². The summed E-state index contributed by atoms with van der Waals surface area (Å²) in [6, 6.07) is 9.20. The second kappa shape index (κ2) is 5.22. The van der Waals surface area contributed by atoms with Gasteiger partial charge >= 0.3 is 0 Å². The molecule has 3 rings (SSSR count). The predicted molar refractivity (Wildman–Crippen MR) is 85.0 cm³/mol. The van der Waals surface area contributed by atoms with Crippen molar-refractivity contribution < 1.29 is 4.74 Å². The van der Waals surface area contributed by atoms with Gasteiger partial charge in [-0.1, -0.05) is 11.6 Å². The lowest BCUT2D eigenvalue weighted by Crippen LogP contribution is -1.96. The van der Waals surface area contributed by atoms with Crippen LogP contribution in [0.1, 0.15) is 11.1 Å². The molecular weight excluding hydrogens is 286 g/mol. The molecule has 0 fully saturated rings. The summed E-state index contributed by atoms with van der Waals surface area (Å²) in [7, 11) is 0. The Hall–Kier alpha value is -2.33. The van der Waals surface area contributed by atoms with E-state index in [1.54, 1.807) is 12.1 Å². The van der Waals surface area contributed by atoms with Crippen LogP contribution in [0, 0.1) is 13.8 Å². The van der Waals surface area contributed by atoms with E-state index >= 15 is 0 Å². The van der Waals surface area contributed by atoms with Gasteiger partial charge < -0.3 is 10.5 Å². The van der Waals surface area contributed by atoms with E-state index in [1.165, 1.54) is 6.33 Å². The number of halogens is 1. The number of hydrogen-bond acceptors (Lipinski definition) is 4. The molecule has 4 nitrogen and oxygen atoms in total. The molecular formula is C16H14ClN3O. The Morgan fingerprint density at radius 2 is 1.76 bits per heavy atom. The summed E-state index contributed by atoms with van der Waals surface area (Å²) in [5.41, 5.74) is 9.11. The molecule has 0 unspecified atom stereocenters. The Bertz CT molecular complexity index is 810. The SMILES string of the molecule is Cc1cc(Cl)cc(C)c1Oc1ncnc2cc(N)ccc12. The monoisotopic (exact) mass is 299 g/mol. The fourth-order valence-electron chi connectivity index (χ4n) is 2.29. The van der Waals surface area contributed by atoms with Crippen molar-refractivity contribution in [3.05, 3.63) is 52.8 Å². The van der Waals surface area contributed by atoms with Crippen molar-refractivity contribution in [2.75, 3.05) is 5.73 Å². The molecule has 3 aromatic rings. The number of fused-ring (bicyclic) bond motifs is 1. The standard InChI is InChI=1S/C16H14ClN3O/c1-9-5-11(17)6-10(2)15(9)21-16-13-4-3-12(18)7-14(13)19-8-20-16/h3-8H,18H2,1-2H3. The zero-order valence-corrected chi connectivity index (χ0v) is 12.5. The maximum Gasteiger partial charge on any atom is 0.230 e. The minimum absolute atomic E-state index is 0.508. The molecule has 0 radical (unpaired) electrons. The average Bonchev–Trinajstić information content (AvgIpc) is 2.42. The number of nitrogens with zero attached hydrogens (tertiary/aromatic N) is 2. The van der Waals surface area contributed by atoms with E-state index < -0.39 is 0 Å². The Kier molecular flexibility index (Phi) is 3.39. The number of ether oxygens (including phenoxy) is 1. The van der Waals surface area contributed by atoms with Crippen LogP contribution in [0.2, 0.25) is 5.02 Å². The van der Waals surface area contributed by atoms with Gasteiger partial charge in [-0.15, -0.1) is 0 Å². The molecule has 106 valence electrons. The highest BCUT2D eigenvalue weighted by Crippen LogP contribution is 2.33. The normalized spacial score (nSPS) is 10.8. The average molecular weight is 300 g/mol. The van der Waals surface area contributed by atoms with Crippen LogP contribution in [-0.2, 0) is 0 Å². The largest absolute Gasteiger partial charge is 0.438 e. The van der Waals surface area contributed by atoms with Gasteiger partial charge in [0.2, 0.25) is 5.88 Å². The van der Waals surface area contributed by atoms with Crippen LogP contribution in [0.25, 0.3) is 10.9 Å². The first-order chi connectivity index (χ1) is 10.0. The summed E-state index contributed by atoms with van der Waals surface area (Å²) >= 11 is 6.04. The van der Waals surface area contributed by atoms with E-state index in [1.807, 2.05) is 32.0 Å². The lowest BCUT2D eigenvalue weighted by Gasteiger charge is -2.13. The molecule has 0 spiro atoms. The lowest BCUT2D eigenvalue weighted by molar-refractivity contribution is 0.461. The zero-order valence-electron chi connectivity index (χ0n) is 11.7. The van der Waals surface area contributed by atoms with Gasteiger partial charge in [0.05, 0.1) is 10.9 Å². The van der Waals surface area contributed by atoms with E-state index in [0.717, 1.165) is 27.8 Å². The van der Waals surface area contributed by atoms with Gasteiger partial charge in [0.25, 0.3) is 0 Å². The number of hydrogen-bond donors (Lipinski definition) is 1. The first kappa shape index (κ1) is 13.6. The van der Waals surface area contributed by atoms with Gasteiger partial charge in [0.15, 0.2) is 0 Å². The van der Waals surface area contributed by atoms with Gasteiger partial charge in [-0.2, -0.15) is 0 Å². The molecule has 5 heteroatoms. The molecule has 2 aromatic carbocycles. The number of benzene rings is 2. The Balaban J connectivity index is 2.11. The second-order valence-electron chi connectivity index (χ2n) is 4.93. The number of anilines is 1. The van der Waals surface area contributed by atoms with Crippen molar-refractivity contribution in [1.82, 2.24) is 9.97 Å². The molecule has 0 atom stereocenters. The second-order valence-corrected chi connectivity index (χ2v) is 5.36. The number of nitrogen functional groups attached to an aromatic ring is 1. The van der Waals surface area contributed by atoms with Crippen LogP contribution in [-0.4, -0.2) is 9.97 Å². The number of aromatic nitrogens is 2. The van der Waals surface area contributed by atoms with Crippen LogP contribution >= 0.6 is 11.6 Å². The van der Waals surface area contributed by atoms with Crippen molar-refractivity contribution in [2.45, 2.75) is 13.8 Å². The Morgan fingerprint density at radius 1 is 1.05 bits per heavy atom. The topological polar surface area (TPSA) is 61.0 Å². The molecule has 1 heterocycles. The van der Waals surface area contributed by atoms with Crippen LogP contribution in [0.5, 0.6) is 11.6 Å². The van der Waals surface area contributed by atoms with E-state index in [-0.39, 0.29) is 0 Å². The van der Waals surface area contributed by atoms with E-state index in [2.05, 4.69) is 9.97 Å². The van der Waals surface area contributed by atoms with Crippen molar-refractivity contribution >= 4 is 28.2 Å². The van der Waals surface area contributed by atoms with E-state index in [9.17, 15) is 0 Å². The third-order valence-electron chi connectivity index (χ3n) is 3.25. The number of rotatable bonds is 2. The fraction of sp³-hybridized carbons (Fsp3) is 0.125. The molecule has 0 saturated heterocycles. The number of aryl methyl sites for hydroxylation is 2. The minimum atomic E-state index is 0.508. The van der Waals surface area contributed by atoms with Crippen LogP contribution < -0.4 is 10.5 Å². The highest BCUT2D eigenvalue weighted by molar-refractivity contribution is 6.30. The van der Waals surface area contributed by atoms with Crippen LogP contribution in [0.4, 0.5) is 5.69 Å². The van der Waals surface area contributed by atoms with Gasteiger partial charge in [0, 0.05) is 10.7 Å². The molecule has 0 saturated carbocycles. The van der Waals surface area contributed by atoms with Gasteiger partial charge in [-0.05, 0) is 55.3 Å². The summed E-state index contributed by atoms with van der Waals surface area (Å²) in [6.45, 7) is 3.91. The summed E-state index contributed by atoms with van der Waals surface area (Å²) in [6.07, 6.45) is 1.47. The fourth-order valence-corrected chi connectivity index (χ4v) is 2.61.